The average Bonchev–Trinajstić information content (AvgIpc) is 2.91. The van der Waals surface area contributed by atoms with E-state index in [2.05, 4.69) is 9.47 Å². The Labute approximate surface area is 259 Å². The maximum absolute atomic E-state index is 12.9. The van der Waals surface area contributed by atoms with Gasteiger partial charge < -0.3 is 19.7 Å². The van der Waals surface area contributed by atoms with E-state index in [0.717, 1.165) is 42.5 Å². The molecule has 0 atom stereocenters. The lowest BCUT2D eigenvalue weighted by atomic mass is 9.98. The summed E-state index contributed by atoms with van der Waals surface area (Å²) in [7, 11) is -5.15. The third-order valence-corrected chi connectivity index (χ3v) is 7.86. The highest BCUT2D eigenvalue weighted by Gasteiger charge is 2.71. The Balaban J connectivity index is 1.94. The predicted octanol–water partition coefficient (Wildman–Crippen LogP) is 6.04. The van der Waals surface area contributed by atoms with Gasteiger partial charge >= 0.3 is 36.6 Å². The van der Waals surface area contributed by atoms with Crippen molar-refractivity contribution in [2.75, 3.05) is 13.2 Å². The second kappa shape index (κ2) is 12.5. The minimum absolute atomic E-state index is 0.280. The molecule has 0 aromatic heterocycles. The molecule has 0 aliphatic rings. The van der Waals surface area contributed by atoms with Crippen LogP contribution in [0, 0.1) is 0 Å². The summed E-state index contributed by atoms with van der Waals surface area (Å²) in [4.78, 5) is 24.0. The van der Waals surface area contributed by atoms with E-state index in [4.69, 9.17) is 10.2 Å². The van der Waals surface area contributed by atoms with Gasteiger partial charge in [0.1, 0.15) is 4.90 Å². The number of alkyl halides is 12. The Morgan fingerprint density at radius 1 is 0.583 bits per heavy atom. The van der Waals surface area contributed by atoms with Crippen LogP contribution in [0.25, 0.3) is 21.5 Å². The second-order valence-electron chi connectivity index (χ2n) is 10.0. The van der Waals surface area contributed by atoms with Crippen molar-refractivity contribution in [1.29, 1.82) is 0 Å². The van der Waals surface area contributed by atoms with Gasteiger partial charge in [-0.25, -0.2) is 9.59 Å². The quantitative estimate of drug-likeness (QED) is 0.104. The van der Waals surface area contributed by atoms with Gasteiger partial charge in [-0.3, -0.25) is 4.55 Å². The van der Waals surface area contributed by atoms with Gasteiger partial charge in [-0.2, -0.15) is 61.1 Å². The van der Waals surface area contributed by atoms with Crippen molar-refractivity contribution in [1.82, 2.24) is 0 Å². The molecule has 0 heterocycles. The number of hydrogen-bond acceptors (Lipinski definition) is 8. The molecule has 0 spiro atoms. The van der Waals surface area contributed by atoms with Crippen LogP contribution in [0.3, 0.4) is 0 Å². The van der Waals surface area contributed by atoms with Gasteiger partial charge in [0.25, 0.3) is 21.3 Å². The monoisotopic (exact) mass is 734 g/mol. The van der Waals surface area contributed by atoms with Gasteiger partial charge in [0, 0.05) is 23.6 Å². The van der Waals surface area contributed by atoms with Crippen LogP contribution in [-0.4, -0.2) is 84.2 Å². The zero-order valence-corrected chi connectivity index (χ0v) is 23.9. The Morgan fingerprint density at radius 2 is 0.896 bits per heavy atom. The van der Waals surface area contributed by atoms with Crippen molar-refractivity contribution in [3.63, 3.8) is 0 Å². The molecular weight excluding hydrogens is 716 g/mol. The fraction of sp³-hybridized carbons (Fsp3) is 0.385. The third kappa shape index (κ3) is 7.39. The van der Waals surface area contributed by atoms with Crippen molar-refractivity contribution in [3.05, 3.63) is 53.6 Å². The Kier molecular flexibility index (Phi) is 10.1. The molecule has 0 bridgehead atoms. The predicted molar refractivity (Wildman–Crippen MR) is 135 cm³/mol. The van der Waals surface area contributed by atoms with Gasteiger partial charge in [0.2, 0.25) is 0 Å². The third-order valence-electron chi connectivity index (χ3n) is 6.90. The molecule has 0 radical (unpaired) electrons. The lowest BCUT2D eigenvalue weighted by Gasteiger charge is -2.31. The van der Waals surface area contributed by atoms with E-state index in [-0.39, 0.29) is 21.5 Å². The van der Waals surface area contributed by atoms with Gasteiger partial charge in [0.15, 0.2) is 0 Å². The normalized spacial score (nSPS) is 14.0. The Hall–Kier alpha value is -3.89. The highest BCUT2D eigenvalue weighted by Crippen LogP contribution is 2.46. The molecule has 0 aliphatic carbocycles. The molecule has 3 N–H and O–H groups in total. The van der Waals surface area contributed by atoms with Gasteiger partial charge in [-0.1, -0.05) is 12.1 Å². The van der Waals surface area contributed by atoms with Crippen molar-refractivity contribution < 1.29 is 94.9 Å². The summed E-state index contributed by atoms with van der Waals surface area (Å²) in [5.41, 5.74) is -11.7. The zero-order valence-electron chi connectivity index (χ0n) is 23.1. The van der Waals surface area contributed by atoms with E-state index in [9.17, 15) is 75.2 Å². The number of aliphatic hydroxyl groups is 2. The number of halogens is 12. The van der Waals surface area contributed by atoms with E-state index in [1.165, 1.54) is 0 Å². The summed E-state index contributed by atoms with van der Waals surface area (Å²) in [6.45, 7) is -3.20. The van der Waals surface area contributed by atoms with Crippen molar-refractivity contribution in [2.45, 2.75) is 53.6 Å². The SMILES string of the molecule is O=C(OCCC(O)(C(F)(F)F)C(F)(F)F)c1ccc2c(S(=O)(=O)O)c3ccc(C(=O)OCCC(O)(C(F)(F)F)C(F)(F)F)cc3cc2c1. The molecule has 9 nitrogen and oxygen atoms in total. The van der Waals surface area contributed by atoms with Crippen LogP contribution < -0.4 is 0 Å². The largest absolute Gasteiger partial charge is 0.462 e. The fourth-order valence-electron chi connectivity index (χ4n) is 4.26. The molecule has 266 valence electrons. The van der Waals surface area contributed by atoms with Crippen LogP contribution in [0.1, 0.15) is 33.6 Å². The standard InChI is InChI=1S/C26H18F12O9S/c27-23(28,29)21(41,24(30,31)32)5-7-46-19(39)12-1-3-16-14(9-12)11-15-10-13(2-4-17(15)18(16)48(43,44)45)20(40)47-8-6-22(42,25(33,34)35)26(36,37)38/h1-4,9-11,41-42H,5-8H2,(H,43,44,45). The molecule has 48 heavy (non-hydrogen) atoms. The smallest absolute Gasteiger partial charge is 0.426 e. The molecule has 3 rings (SSSR count). The number of carbonyl (C=O) groups is 2. The highest BCUT2D eigenvalue weighted by atomic mass is 32.2. The Morgan fingerprint density at radius 3 is 1.17 bits per heavy atom. The first-order chi connectivity index (χ1) is 21.5. The molecule has 0 saturated carbocycles. The molecule has 0 unspecified atom stereocenters. The summed E-state index contributed by atoms with van der Waals surface area (Å²) in [5.74, 6) is -3.10. The lowest BCUT2D eigenvalue weighted by molar-refractivity contribution is -0.371. The number of hydrogen-bond donors (Lipinski definition) is 3. The molecule has 3 aromatic rings. The summed E-state index contributed by atoms with van der Waals surface area (Å²) in [6, 6.07) is 6.07. The topological polar surface area (TPSA) is 147 Å². The minimum Gasteiger partial charge on any atom is -0.462 e. The van der Waals surface area contributed by atoms with Crippen LogP contribution in [-0.2, 0) is 19.6 Å². The van der Waals surface area contributed by atoms with E-state index in [1.807, 2.05) is 0 Å². The molecule has 22 heteroatoms. The number of ether oxygens (including phenoxy) is 2. The van der Waals surface area contributed by atoms with Crippen molar-refractivity contribution in [3.8, 4) is 0 Å². The number of carbonyl (C=O) groups excluding carboxylic acids is 2. The minimum atomic E-state index is -6.20. The van der Waals surface area contributed by atoms with Gasteiger partial charge in [-0.15, -0.1) is 0 Å². The number of benzene rings is 3. The fourth-order valence-corrected chi connectivity index (χ4v) is 5.19. The van der Waals surface area contributed by atoms with Crippen LogP contribution in [0.2, 0.25) is 0 Å². The van der Waals surface area contributed by atoms with E-state index in [0.29, 0.717) is 0 Å². The molecule has 3 aromatic carbocycles. The number of rotatable bonds is 9. The first kappa shape index (κ1) is 38.6. The lowest BCUT2D eigenvalue weighted by Crippen LogP contribution is -2.57. The maximum Gasteiger partial charge on any atom is 0.426 e. The zero-order chi connectivity index (χ0) is 36.9. The van der Waals surface area contributed by atoms with Crippen LogP contribution in [0.4, 0.5) is 52.7 Å². The second-order valence-corrected chi connectivity index (χ2v) is 11.4. The summed E-state index contributed by atoms with van der Waals surface area (Å²) >= 11 is 0. The van der Waals surface area contributed by atoms with Crippen LogP contribution >= 0.6 is 0 Å². The van der Waals surface area contributed by atoms with Crippen LogP contribution in [0.5, 0.6) is 0 Å². The number of fused-ring (bicyclic) bond motifs is 2. The molecule has 0 amide bonds. The van der Waals surface area contributed by atoms with Gasteiger partial charge in [-0.05, 0) is 41.1 Å². The number of esters is 2. The molecule has 0 fully saturated rings. The van der Waals surface area contributed by atoms with Crippen molar-refractivity contribution >= 4 is 43.6 Å². The maximum atomic E-state index is 12.9. The Bertz CT molecular complexity index is 1690. The van der Waals surface area contributed by atoms with Crippen LogP contribution in [0.15, 0.2) is 47.4 Å². The molecular formula is C26H18F12O9S. The first-order valence-corrected chi connectivity index (χ1v) is 14.0. The van der Waals surface area contributed by atoms with Crippen molar-refractivity contribution in [2.24, 2.45) is 0 Å². The summed E-state index contributed by atoms with van der Waals surface area (Å²) < 4.78 is 197. The molecule has 0 saturated heterocycles. The first-order valence-electron chi connectivity index (χ1n) is 12.6. The molecule has 0 aliphatic heterocycles. The average molecular weight is 734 g/mol. The summed E-state index contributed by atoms with van der Waals surface area (Å²) in [5, 5.41) is 17.1. The summed E-state index contributed by atoms with van der Waals surface area (Å²) in [6.07, 6.45) is -29.1. The van der Waals surface area contributed by atoms with E-state index < -0.39 is 100 Å². The highest BCUT2D eigenvalue weighted by molar-refractivity contribution is 7.86. The van der Waals surface area contributed by atoms with E-state index in [1.54, 1.807) is 0 Å². The van der Waals surface area contributed by atoms with E-state index >= 15 is 0 Å². The van der Waals surface area contributed by atoms with Gasteiger partial charge in [0.05, 0.1) is 24.3 Å².